The molecule has 1 amide bonds. The van der Waals surface area contributed by atoms with Gasteiger partial charge in [-0.25, -0.2) is 0 Å². The van der Waals surface area contributed by atoms with E-state index in [9.17, 15) is 24.5 Å². The fourth-order valence-corrected chi connectivity index (χ4v) is 4.52. The molecule has 30 heavy (non-hydrogen) atoms. The van der Waals surface area contributed by atoms with Crippen LogP contribution in [-0.4, -0.2) is 46.7 Å². The second-order valence-electron chi connectivity index (χ2n) is 8.57. The zero-order valence-electron chi connectivity index (χ0n) is 17.6. The Morgan fingerprint density at radius 1 is 1.27 bits per heavy atom. The maximum absolute atomic E-state index is 12.5. The molecule has 162 valence electrons. The Morgan fingerprint density at radius 3 is 2.70 bits per heavy atom. The Labute approximate surface area is 175 Å². The molecule has 1 aliphatic heterocycles. The van der Waals surface area contributed by atoms with E-state index in [1.165, 1.54) is 18.2 Å². The molecule has 0 spiro atoms. The number of ether oxygens (including phenoxy) is 1. The lowest BCUT2D eigenvalue weighted by atomic mass is 9.77. The second-order valence-corrected chi connectivity index (χ2v) is 8.57. The summed E-state index contributed by atoms with van der Waals surface area (Å²) in [6, 6.07) is 4.31. The molecule has 0 aromatic heterocycles. The number of nitrogens with zero attached hydrogens (tertiary/aromatic N) is 2. The number of ketones is 1. The normalized spacial score (nSPS) is 26.5. The predicted octanol–water partition coefficient (Wildman–Crippen LogP) is 3.30. The minimum absolute atomic E-state index is 0.0385. The summed E-state index contributed by atoms with van der Waals surface area (Å²) in [5.74, 6) is -0.778. The number of hydrogen-bond acceptors (Lipinski definition) is 6. The summed E-state index contributed by atoms with van der Waals surface area (Å²) >= 11 is 0. The van der Waals surface area contributed by atoms with Gasteiger partial charge in [0.05, 0.1) is 10.8 Å². The predicted molar refractivity (Wildman–Crippen MR) is 109 cm³/mol. The van der Waals surface area contributed by atoms with Gasteiger partial charge < -0.3 is 9.64 Å². The average molecular weight is 416 g/mol. The molecule has 3 rings (SSSR count). The summed E-state index contributed by atoms with van der Waals surface area (Å²) in [5.41, 5.74) is 0.415. The Bertz CT molecular complexity index is 867. The van der Waals surface area contributed by atoms with Crippen molar-refractivity contribution in [2.75, 3.05) is 13.2 Å². The fraction of sp³-hybridized carbons (Fsp3) is 0.591. The van der Waals surface area contributed by atoms with Crippen molar-refractivity contribution in [3.63, 3.8) is 0 Å². The minimum atomic E-state index is -0.581. The van der Waals surface area contributed by atoms with Crippen LogP contribution in [-0.2, 0) is 14.3 Å². The largest absolute Gasteiger partial charge is 0.457 e. The first-order chi connectivity index (χ1) is 14.2. The molecule has 2 aliphatic rings. The number of carbonyl (C=O) groups excluding carboxylic acids is 3. The van der Waals surface area contributed by atoms with Crippen molar-refractivity contribution in [3.8, 4) is 0 Å². The zero-order valence-corrected chi connectivity index (χ0v) is 17.6. The first kappa shape index (κ1) is 21.9. The van der Waals surface area contributed by atoms with E-state index in [1.54, 1.807) is 6.92 Å². The number of benzene rings is 1. The molecule has 1 saturated carbocycles. The van der Waals surface area contributed by atoms with E-state index in [2.05, 4.69) is 13.8 Å². The van der Waals surface area contributed by atoms with Crippen LogP contribution in [0.5, 0.6) is 0 Å². The topological polar surface area (TPSA) is 107 Å². The number of nitro benzene ring substituents is 1. The molecule has 0 bridgehead atoms. The van der Waals surface area contributed by atoms with Gasteiger partial charge in [0, 0.05) is 36.2 Å². The van der Waals surface area contributed by atoms with Gasteiger partial charge in [-0.2, -0.15) is 0 Å². The van der Waals surface area contributed by atoms with E-state index in [0.29, 0.717) is 23.9 Å². The van der Waals surface area contributed by atoms with Gasteiger partial charge in [-0.15, -0.1) is 0 Å². The molecule has 1 aromatic rings. The van der Waals surface area contributed by atoms with E-state index in [1.807, 2.05) is 4.90 Å². The standard InChI is InChI=1S/C22H28N2O6/c1-13-5-4-6-18(15(13)3)23-11-17(10-21(23)26)22(27)30-12-20(25)16-8-7-14(2)19(9-16)24(28)29/h7-9,13,15,17-18H,4-6,10-12H2,1-3H3/t13-,15-,17+,18+/m0/s1. The molecule has 2 fully saturated rings. The van der Waals surface area contributed by atoms with Crippen molar-refractivity contribution in [2.24, 2.45) is 17.8 Å². The van der Waals surface area contributed by atoms with Gasteiger partial charge in [0.25, 0.3) is 5.69 Å². The number of nitro groups is 1. The molecule has 1 heterocycles. The van der Waals surface area contributed by atoms with Gasteiger partial charge in [-0.05, 0) is 25.2 Å². The summed E-state index contributed by atoms with van der Waals surface area (Å²) in [7, 11) is 0. The van der Waals surface area contributed by atoms with Crippen LogP contribution in [0.1, 0.15) is 55.5 Å². The van der Waals surface area contributed by atoms with Crippen molar-refractivity contribution in [1.82, 2.24) is 4.90 Å². The number of esters is 1. The fourth-order valence-electron chi connectivity index (χ4n) is 4.52. The van der Waals surface area contributed by atoms with Gasteiger partial charge in [0.15, 0.2) is 6.61 Å². The Kier molecular flexibility index (Phi) is 6.53. The quantitative estimate of drug-likeness (QED) is 0.305. The summed E-state index contributed by atoms with van der Waals surface area (Å²) in [6.07, 6.45) is 3.28. The summed E-state index contributed by atoms with van der Waals surface area (Å²) in [4.78, 5) is 49.6. The number of Topliss-reactive ketones (excluding diaryl/α,β-unsaturated/α-hetero) is 1. The Balaban J connectivity index is 1.58. The molecule has 1 aromatic carbocycles. The SMILES string of the molecule is Cc1ccc(C(=O)COC(=O)[C@@H]2CC(=O)N([C@@H]3CCC[C@H](C)[C@@H]3C)C2)cc1[N+](=O)[O-]. The molecule has 8 heteroatoms. The third-order valence-corrected chi connectivity index (χ3v) is 6.63. The first-order valence-corrected chi connectivity index (χ1v) is 10.4. The van der Waals surface area contributed by atoms with Crippen LogP contribution in [0.25, 0.3) is 0 Å². The number of aryl methyl sites for hydroxylation is 1. The zero-order chi connectivity index (χ0) is 22.0. The minimum Gasteiger partial charge on any atom is -0.457 e. The molecular weight excluding hydrogens is 388 g/mol. The van der Waals surface area contributed by atoms with Crippen molar-refractivity contribution >= 4 is 23.3 Å². The van der Waals surface area contributed by atoms with Crippen LogP contribution in [0.4, 0.5) is 5.69 Å². The molecule has 1 aliphatic carbocycles. The van der Waals surface area contributed by atoms with E-state index < -0.39 is 29.2 Å². The molecule has 1 saturated heterocycles. The lowest BCUT2D eigenvalue weighted by molar-refractivity contribution is -0.385. The van der Waals surface area contributed by atoms with Crippen LogP contribution >= 0.6 is 0 Å². The highest BCUT2D eigenvalue weighted by atomic mass is 16.6. The van der Waals surface area contributed by atoms with E-state index >= 15 is 0 Å². The average Bonchev–Trinajstić information content (AvgIpc) is 3.09. The van der Waals surface area contributed by atoms with Crippen molar-refractivity contribution in [2.45, 2.75) is 52.5 Å². The van der Waals surface area contributed by atoms with Gasteiger partial charge in [-0.3, -0.25) is 24.5 Å². The van der Waals surface area contributed by atoms with Crippen LogP contribution < -0.4 is 0 Å². The van der Waals surface area contributed by atoms with Crippen molar-refractivity contribution in [3.05, 3.63) is 39.4 Å². The maximum Gasteiger partial charge on any atom is 0.311 e. The lowest BCUT2D eigenvalue weighted by Gasteiger charge is -2.39. The molecule has 4 atom stereocenters. The van der Waals surface area contributed by atoms with Gasteiger partial charge in [0.2, 0.25) is 11.7 Å². The van der Waals surface area contributed by atoms with Gasteiger partial charge >= 0.3 is 5.97 Å². The third-order valence-electron chi connectivity index (χ3n) is 6.63. The Hall–Kier alpha value is -2.77. The van der Waals surface area contributed by atoms with E-state index in [0.717, 1.165) is 19.3 Å². The van der Waals surface area contributed by atoms with Gasteiger partial charge in [0.1, 0.15) is 0 Å². The van der Waals surface area contributed by atoms with Crippen LogP contribution in [0.3, 0.4) is 0 Å². The van der Waals surface area contributed by atoms with E-state index in [-0.39, 0.29) is 29.6 Å². The molecule has 0 N–H and O–H groups in total. The number of hydrogen-bond donors (Lipinski definition) is 0. The van der Waals surface area contributed by atoms with Gasteiger partial charge in [-0.1, -0.05) is 38.8 Å². The molecule has 0 radical (unpaired) electrons. The monoisotopic (exact) mass is 416 g/mol. The second kappa shape index (κ2) is 8.93. The smallest absolute Gasteiger partial charge is 0.311 e. The summed E-state index contributed by atoms with van der Waals surface area (Å²) < 4.78 is 5.17. The number of likely N-dealkylation sites (tertiary alicyclic amines) is 1. The molecule has 0 unspecified atom stereocenters. The Morgan fingerprint density at radius 2 is 2.00 bits per heavy atom. The third kappa shape index (κ3) is 4.52. The summed E-state index contributed by atoms with van der Waals surface area (Å²) in [6.45, 7) is 5.77. The van der Waals surface area contributed by atoms with Crippen molar-refractivity contribution in [1.29, 1.82) is 0 Å². The van der Waals surface area contributed by atoms with Crippen molar-refractivity contribution < 1.29 is 24.0 Å². The van der Waals surface area contributed by atoms with Crippen LogP contribution in [0.2, 0.25) is 0 Å². The number of rotatable bonds is 6. The number of carbonyl (C=O) groups is 3. The molecular formula is C22H28N2O6. The van der Waals surface area contributed by atoms with Crippen LogP contribution in [0, 0.1) is 34.8 Å². The highest BCUT2D eigenvalue weighted by Crippen LogP contribution is 2.36. The maximum atomic E-state index is 12.5. The highest BCUT2D eigenvalue weighted by molar-refractivity contribution is 5.99. The molecule has 8 nitrogen and oxygen atoms in total. The highest BCUT2D eigenvalue weighted by Gasteiger charge is 2.42. The first-order valence-electron chi connectivity index (χ1n) is 10.4. The summed E-state index contributed by atoms with van der Waals surface area (Å²) in [5, 5.41) is 11.0. The van der Waals surface area contributed by atoms with E-state index in [4.69, 9.17) is 4.74 Å². The lowest BCUT2D eigenvalue weighted by Crippen LogP contribution is -2.45. The number of amides is 1. The van der Waals surface area contributed by atoms with Crippen LogP contribution in [0.15, 0.2) is 18.2 Å².